The highest BCUT2D eigenvalue weighted by molar-refractivity contribution is 5.95. The molecule has 5 rings (SSSR count). The first kappa shape index (κ1) is 23.1. The number of aliphatic hydroxyl groups is 1. The Morgan fingerprint density at radius 2 is 1.46 bits per heavy atom. The maximum Gasteiger partial charge on any atom is 0.311 e. The molecule has 1 saturated heterocycles. The van der Waals surface area contributed by atoms with Gasteiger partial charge in [0.25, 0.3) is 5.91 Å². The number of carbonyl (C=O) groups is 1. The van der Waals surface area contributed by atoms with E-state index in [0.717, 1.165) is 36.4 Å². The highest BCUT2D eigenvalue weighted by Crippen LogP contribution is 2.50. The van der Waals surface area contributed by atoms with Gasteiger partial charge in [-0.1, -0.05) is 0 Å². The second kappa shape index (κ2) is 8.53. The number of likely N-dealkylation sites (tertiary alicyclic amines) is 1. The summed E-state index contributed by atoms with van der Waals surface area (Å²) in [6.45, 7) is 0.0399. The first-order chi connectivity index (χ1) is 16.7. The van der Waals surface area contributed by atoms with E-state index in [9.17, 15) is 27.5 Å². The van der Waals surface area contributed by atoms with Crippen molar-refractivity contribution in [2.45, 2.75) is 24.7 Å². The lowest BCUT2D eigenvalue weighted by Gasteiger charge is -2.29. The monoisotopic (exact) mass is 491 g/mol. The lowest BCUT2D eigenvalue weighted by molar-refractivity contribution is -0.0516. The van der Waals surface area contributed by atoms with E-state index in [1.54, 1.807) is 0 Å². The van der Waals surface area contributed by atoms with E-state index in [1.807, 2.05) is 0 Å². The Morgan fingerprint density at radius 3 is 2.00 bits per heavy atom. The summed E-state index contributed by atoms with van der Waals surface area (Å²) in [5, 5.41) is 9.51. The zero-order valence-corrected chi connectivity index (χ0v) is 18.0. The molecule has 2 heterocycles. The second-order valence-electron chi connectivity index (χ2n) is 8.33. The largest absolute Gasteiger partial charge is 0.440 e. The van der Waals surface area contributed by atoms with Gasteiger partial charge >= 0.3 is 5.79 Å². The van der Waals surface area contributed by atoms with E-state index in [0.29, 0.717) is 31.5 Å². The van der Waals surface area contributed by atoms with Crippen molar-refractivity contribution in [1.29, 1.82) is 0 Å². The van der Waals surface area contributed by atoms with Crippen LogP contribution < -0.4 is 9.47 Å². The number of fused-ring (bicyclic) bond motifs is 1. The van der Waals surface area contributed by atoms with E-state index in [1.165, 1.54) is 4.90 Å². The Bertz CT molecular complexity index is 1280. The minimum absolute atomic E-state index is 0.207. The molecule has 1 amide bonds. The predicted octanol–water partition coefficient (Wildman–Crippen LogP) is 4.65. The second-order valence-corrected chi connectivity index (χ2v) is 8.33. The van der Waals surface area contributed by atoms with Crippen LogP contribution in [0.1, 0.15) is 34.3 Å². The maximum absolute atomic E-state index is 15.0. The Morgan fingerprint density at radius 1 is 0.886 bits per heavy atom. The molecule has 0 radical (unpaired) electrons. The fourth-order valence-corrected chi connectivity index (χ4v) is 4.51. The van der Waals surface area contributed by atoms with Gasteiger partial charge < -0.3 is 19.5 Å². The number of hydrogen-bond acceptors (Lipinski definition) is 4. The van der Waals surface area contributed by atoms with Crippen LogP contribution in [0.2, 0.25) is 0 Å². The molecule has 35 heavy (non-hydrogen) atoms. The van der Waals surface area contributed by atoms with Crippen LogP contribution in [0.25, 0.3) is 0 Å². The number of benzene rings is 3. The van der Waals surface area contributed by atoms with Gasteiger partial charge in [-0.2, -0.15) is 0 Å². The molecule has 3 aromatic carbocycles. The van der Waals surface area contributed by atoms with Gasteiger partial charge in [-0.15, -0.1) is 0 Å². The first-order valence-corrected chi connectivity index (χ1v) is 10.8. The molecule has 0 unspecified atom stereocenters. The summed E-state index contributed by atoms with van der Waals surface area (Å²) in [7, 11) is 0. The van der Waals surface area contributed by atoms with Crippen molar-refractivity contribution in [3.8, 4) is 11.5 Å². The average Bonchev–Trinajstić information content (AvgIpc) is 3.42. The van der Waals surface area contributed by atoms with Crippen LogP contribution in [0.3, 0.4) is 0 Å². The van der Waals surface area contributed by atoms with Gasteiger partial charge in [-0.05, 0) is 43.2 Å². The number of rotatable bonds is 4. The zero-order chi connectivity index (χ0) is 24.9. The molecular formula is C25H18F5NO4. The van der Waals surface area contributed by atoms with Gasteiger partial charge in [0.1, 0.15) is 29.1 Å². The Hall–Kier alpha value is -3.66. The fourth-order valence-electron chi connectivity index (χ4n) is 4.51. The average molecular weight is 491 g/mol. The van der Waals surface area contributed by atoms with Gasteiger partial charge in [-0.25, -0.2) is 22.0 Å². The summed E-state index contributed by atoms with van der Waals surface area (Å²) in [6, 6.07) is 6.23. The van der Waals surface area contributed by atoms with Crippen LogP contribution in [-0.2, 0) is 5.79 Å². The standard InChI is InChI=1S/C25H18F5NO4/c26-13-3-5-17(20(29)8-13)25(18-6-4-14(27)9-21(18)30)34-22-10-16(19(28)11-23(22)35-25)24(33)31-7-1-2-15(31)12-32/h3-6,8-11,15,32H,1-2,7,12H2/t15-/m0/s1. The molecule has 1 fully saturated rings. The van der Waals surface area contributed by atoms with Crippen molar-refractivity contribution in [3.63, 3.8) is 0 Å². The molecule has 3 aromatic rings. The summed E-state index contributed by atoms with van der Waals surface area (Å²) in [6.07, 6.45) is 1.20. The van der Waals surface area contributed by atoms with Crippen molar-refractivity contribution < 1.29 is 41.3 Å². The number of amides is 1. The lowest BCUT2D eigenvalue weighted by atomic mass is 9.96. The molecule has 2 aliphatic rings. The smallest absolute Gasteiger partial charge is 0.311 e. The van der Waals surface area contributed by atoms with Gasteiger partial charge in [0, 0.05) is 24.7 Å². The number of halogens is 5. The molecule has 5 nitrogen and oxygen atoms in total. The first-order valence-electron chi connectivity index (χ1n) is 10.8. The molecule has 0 bridgehead atoms. The summed E-state index contributed by atoms with van der Waals surface area (Å²) < 4.78 is 83.6. The fraction of sp³-hybridized carbons (Fsp3) is 0.240. The molecular weight excluding hydrogens is 473 g/mol. The molecule has 0 saturated carbocycles. The summed E-state index contributed by atoms with van der Waals surface area (Å²) in [4.78, 5) is 14.3. The normalized spacial score (nSPS) is 18.2. The third kappa shape index (κ3) is 3.78. The number of aliphatic hydroxyl groups excluding tert-OH is 1. The molecule has 0 aliphatic carbocycles. The quantitative estimate of drug-likeness (QED) is 0.540. The Kier molecular flexibility index (Phi) is 5.63. The van der Waals surface area contributed by atoms with Crippen molar-refractivity contribution in [2.75, 3.05) is 13.2 Å². The minimum Gasteiger partial charge on any atom is -0.440 e. The van der Waals surface area contributed by atoms with Crippen LogP contribution in [0.15, 0.2) is 48.5 Å². The topological polar surface area (TPSA) is 59.0 Å². The molecule has 182 valence electrons. The molecule has 1 N–H and O–H groups in total. The lowest BCUT2D eigenvalue weighted by Crippen LogP contribution is -2.39. The van der Waals surface area contributed by atoms with Crippen LogP contribution in [0, 0.1) is 29.1 Å². The van der Waals surface area contributed by atoms with Gasteiger partial charge in [0.2, 0.25) is 0 Å². The van der Waals surface area contributed by atoms with E-state index in [-0.39, 0.29) is 23.7 Å². The van der Waals surface area contributed by atoms with Crippen LogP contribution in [-0.4, -0.2) is 35.1 Å². The number of ether oxygens (including phenoxy) is 2. The van der Waals surface area contributed by atoms with Gasteiger partial charge in [0.15, 0.2) is 11.5 Å². The van der Waals surface area contributed by atoms with Gasteiger partial charge in [0.05, 0.1) is 29.3 Å². The third-order valence-corrected chi connectivity index (χ3v) is 6.19. The number of carbonyl (C=O) groups excluding carboxylic acids is 1. The minimum atomic E-state index is -2.40. The molecule has 10 heteroatoms. The van der Waals surface area contributed by atoms with Crippen LogP contribution in [0.5, 0.6) is 11.5 Å². The highest BCUT2D eigenvalue weighted by Gasteiger charge is 2.50. The summed E-state index contributed by atoms with van der Waals surface area (Å²) in [5.74, 6) is -8.68. The van der Waals surface area contributed by atoms with Crippen molar-refractivity contribution in [1.82, 2.24) is 4.90 Å². The van der Waals surface area contributed by atoms with Crippen molar-refractivity contribution in [3.05, 3.63) is 94.3 Å². The summed E-state index contributed by atoms with van der Waals surface area (Å²) in [5.41, 5.74) is -1.29. The van der Waals surface area contributed by atoms with E-state index < -0.39 is 57.9 Å². The van der Waals surface area contributed by atoms with Crippen LogP contribution in [0.4, 0.5) is 22.0 Å². The molecule has 1 atom stereocenters. The Balaban J connectivity index is 1.62. The van der Waals surface area contributed by atoms with E-state index >= 15 is 4.39 Å². The molecule has 0 spiro atoms. The van der Waals surface area contributed by atoms with Crippen LogP contribution >= 0.6 is 0 Å². The zero-order valence-electron chi connectivity index (χ0n) is 18.0. The third-order valence-electron chi connectivity index (χ3n) is 6.19. The van der Waals surface area contributed by atoms with E-state index in [2.05, 4.69) is 0 Å². The predicted molar refractivity (Wildman–Crippen MR) is 112 cm³/mol. The maximum atomic E-state index is 15.0. The van der Waals surface area contributed by atoms with Crippen molar-refractivity contribution >= 4 is 5.91 Å². The molecule has 0 aromatic heterocycles. The number of nitrogens with zero attached hydrogens (tertiary/aromatic N) is 1. The van der Waals surface area contributed by atoms with Gasteiger partial charge in [-0.3, -0.25) is 4.79 Å². The number of hydrogen-bond donors (Lipinski definition) is 1. The van der Waals surface area contributed by atoms with Crippen molar-refractivity contribution in [2.24, 2.45) is 0 Å². The highest BCUT2D eigenvalue weighted by atomic mass is 19.1. The molecule has 2 aliphatic heterocycles. The SMILES string of the molecule is O=C(c1cc2c(cc1F)OC(c1ccc(F)cc1F)(c1ccc(F)cc1F)O2)N1CCC[C@H]1CO. The van der Waals surface area contributed by atoms with E-state index in [4.69, 9.17) is 9.47 Å². The Labute approximate surface area is 196 Å². The summed E-state index contributed by atoms with van der Waals surface area (Å²) >= 11 is 0.